The van der Waals surface area contributed by atoms with Crippen LogP contribution in [-0.2, 0) is 20.2 Å². The van der Waals surface area contributed by atoms with E-state index in [0.717, 1.165) is 25.7 Å². The van der Waals surface area contributed by atoms with Crippen LogP contribution in [0.5, 0.6) is 0 Å². The van der Waals surface area contributed by atoms with Gasteiger partial charge in [-0.05, 0) is 12.8 Å². The fraction of sp³-hybridized carbons (Fsp3) is 1.00. The molecule has 0 aliphatic heterocycles. The third-order valence-electron chi connectivity index (χ3n) is 5.50. The van der Waals surface area contributed by atoms with Crippen LogP contribution in [-0.4, -0.2) is 37.4 Å². The van der Waals surface area contributed by atoms with Crippen molar-refractivity contribution < 1.29 is 129 Å². The molecular weight excluding hydrogens is 527 g/mol. The predicted octanol–water partition coefficient (Wildman–Crippen LogP) is 0.913. The summed E-state index contributed by atoms with van der Waals surface area (Å²) in [6.45, 7) is 4.42. The summed E-state index contributed by atoms with van der Waals surface area (Å²) in [4.78, 5) is 0. The van der Waals surface area contributed by atoms with Gasteiger partial charge in [0.25, 0.3) is 0 Å². The maximum Gasteiger partial charge on any atom is 1.00 e. The second kappa shape index (κ2) is 32.3. The van der Waals surface area contributed by atoms with Crippen LogP contribution in [0, 0.1) is 0 Å². The molecule has 6 nitrogen and oxygen atoms in total. The van der Waals surface area contributed by atoms with E-state index in [1.54, 1.807) is 0 Å². The van der Waals surface area contributed by atoms with Crippen molar-refractivity contribution in [3.8, 4) is 0 Å². The molecule has 0 aromatic rings. The minimum absolute atomic E-state index is 0. The molecule has 0 N–H and O–H groups in total. The molecule has 0 heterocycles. The van der Waals surface area contributed by atoms with Crippen molar-refractivity contribution in [1.29, 1.82) is 0 Å². The van der Waals surface area contributed by atoms with Gasteiger partial charge in [0.15, 0.2) is 0 Å². The van der Waals surface area contributed by atoms with Gasteiger partial charge < -0.3 is 9.11 Å². The van der Waals surface area contributed by atoms with Crippen molar-refractivity contribution in [1.82, 2.24) is 0 Å². The molecule has 0 aromatic heterocycles. The zero-order valence-corrected chi connectivity index (χ0v) is 30.7. The number of hydrogen-bond donors (Lipinski definition) is 0. The van der Waals surface area contributed by atoms with Gasteiger partial charge in [-0.15, -0.1) is 0 Å². The molecule has 196 valence electrons. The molecule has 0 saturated carbocycles. The Kier molecular flexibility index (Phi) is 41.9. The van der Waals surface area contributed by atoms with E-state index in [1.165, 1.54) is 89.9 Å². The van der Waals surface area contributed by atoms with E-state index in [4.69, 9.17) is 0 Å². The first-order valence-corrected chi connectivity index (χ1v) is 16.1. The molecule has 10 heteroatoms. The van der Waals surface area contributed by atoms with E-state index in [2.05, 4.69) is 13.8 Å². The van der Waals surface area contributed by atoms with E-state index >= 15 is 0 Å². The summed E-state index contributed by atoms with van der Waals surface area (Å²) >= 11 is 0. The van der Waals surface area contributed by atoms with Gasteiger partial charge in [0.1, 0.15) is 0 Å². The molecule has 0 rings (SSSR count). The van der Waals surface area contributed by atoms with E-state index in [9.17, 15) is 25.9 Å². The molecule has 0 atom stereocenters. The summed E-state index contributed by atoms with van der Waals surface area (Å²) < 4.78 is 61.9. The molecule has 0 aromatic carbocycles. The van der Waals surface area contributed by atoms with Crippen LogP contribution < -0.4 is 103 Å². The molecule has 0 aliphatic rings. The van der Waals surface area contributed by atoms with Crippen LogP contribution in [0.3, 0.4) is 0 Å². The molecular formula is C24H50K2O6S2. The zero-order valence-electron chi connectivity index (χ0n) is 22.8. The van der Waals surface area contributed by atoms with E-state index in [1.807, 2.05) is 0 Å². The monoisotopic (exact) mass is 576 g/mol. The molecule has 0 saturated heterocycles. The SMILES string of the molecule is CCCCCCCCCCCCS(=O)(=O)[O-].CCCCCCCCCCCCS(=O)(=O)[O-].[K+].[K+]. The largest absolute Gasteiger partial charge is 1.00 e. The Morgan fingerprint density at radius 3 is 0.735 bits per heavy atom. The molecule has 0 aliphatic carbocycles. The predicted molar refractivity (Wildman–Crippen MR) is 133 cm³/mol. The third kappa shape index (κ3) is 48.2. The van der Waals surface area contributed by atoms with E-state index in [0.29, 0.717) is 12.8 Å². The number of rotatable bonds is 22. The average Bonchev–Trinajstić information content (AvgIpc) is 2.70. The van der Waals surface area contributed by atoms with Crippen molar-refractivity contribution in [3.05, 3.63) is 0 Å². The summed E-state index contributed by atoms with van der Waals surface area (Å²) in [6, 6.07) is 0. The molecule has 34 heavy (non-hydrogen) atoms. The normalized spacial score (nSPS) is 11.2. The Morgan fingerprint density at radius 2 is 0.559 bits per heavy atom. The maximum atomic E-state index is 10.3. The molecule has 0 fully saturated rings. The van der Waals surface area contributed by atoms with E-state index in [-0.39, 0.29) is 114 Å². The zero-order chi connectivity index (χ0) is 24.6. The first-order chi connectivity index (χ1) is 15.1. The van der Waals surface area contributed by atoms with Crippen LogP contribution >= 0.6 is 0 Å². The van der Waals surface area contributed by atoms with Crippen molar-refractivity contribution in [3.63, 3.8) is 0 Å². The van der Waals surface area contributed by atoms with Crippen molar-refractivity contribution in [2.45, 2.75) is 142 Å². The second-order valence-corrected chi connectivity index (χ2v) is 11.9. The van der Waals surface area contributed by atoms with Gasteiger partial charge in [0.2, 0.25) is 0 Å². The number of unbranched alkanes of at least 4 members (excludes halogenated alkanes) is 18. The molecule has 0 spiro atoms. The van der Waals surface area contributed by atoms with Crippen molar-refractivity contribution in [2.24, 2.45) is 0 Å². The fourth-order valence-corrected chi connectivity index (χ4v) is 4.65. The topological polar surface area (TPSA) is 114 Å². The van der Waals surface area contributed by atoms with Crippen LogP contribution in [0.4, 0.5) is 0 Å². The Hall–Kier alpha value is 3.09. The van der Waals surface area contributed by atoms with Gasteiger partial charge in [-0.2, -0.15) is 0 Å². The summed E-state index contributed by atoms with van der Waals surface area (Å²) in [6.07, 6.45) is 22.9. The van der Waals surface area contributed by atoms with Crippen LogP contribution in [0.2, 0.25) is 0 Å². The van der Waals surface area contributed by atoms with Crippen LogP contribution in [0.1, 0.15) is 142 Å². The maximum absolute atomic E-state index is 10.3. The summed E-state index contributed by atoms with van der Waals surface area (Å²) in [5, 5.41) is 0. The molecule has 0 radical (unpaired) electrons. The summed E-state index contributed by atoms with van der Waals surface area (Å²) in [5.74, 6) is -0.382. The van der Waals surface area contributed by atoms with Crippen LogP contribution in [0.15, 0.2) is 0 Å². The van der Waals surface area contributed by atoms with Gasteiger partial charge in [-0.3, -0.25) is 0 Å². The van der Waals surface area contributed by atoms with Crippen molar-refractivity contribution >= 4 is 20.2 Å². The minimum atomic E-state index is -3.98. The Labute approximate surface area is 297 Å². The van der Waals surface area contributed by atoms with Gasteiger partial charge in [-0.25, -0.2) is 16.8 Å². The van der Waals surface area contributed by atoms with Gasteiger partial charge in [0, 0.05) is 11.5 Å². The molecule has 0 unspecified atom stereocenters. The molecule has 0 amide bonds. The quantitative estimate of drug-likeness (QED) is 0.108. The summed E-state index contributed by atoms with van der Waals surface area (Å²) in [7, 11) is -7.96. The fourth-order valence-electron chi connectivity index (χ4n) is 3.53. The Morgan fingerprint density at radius 1 is 0.382 bits per heavy atom. The van der Waals surface area contributed by atoms with Gasteiger partial charge in [-0.1, -0.05) is 129 Å². The van der Waals surface area contributed by atoms with Crippen LogP contribution in [0.25, 0.3) is 0 Å². The smallest absolute Gasteiger partial charge is 0.748 e. The number of hydrogen-bond acceptors (Lipinski definition) is 6. The van der Waals surface area contributed by atoms with Gasteiger partial charge >= 0.3 is 103 Å². The average molecular weight is 577 g/mol. The van der Waals surface area contributed by atoms with E-state index < -0.39 is 20.2 Å². The summed E-state index contributed by atoms with van der Waals surface area (Å²) in [5.41, 5.74) is 0. The van der Waals surface area contributed by atoms with Crippen molar-refractivity contribution in [2.75, 3.05) is 11.5 Å². The third-order valence-corrected chi connectivity index (χ3v) is 7.07. The first-order valence-electron chi connectivity index (χ1n) is 13.0. The minimum Gasteiger partial charge on any atom is -0.748 e. The second-order valence-electron chi connectivity index (χ2n) is 8.89. The first kappa shape index (κ1) is 44.1. The Bertz CT molecular complexity index is 532. The Balaban J connectivity index is -0.000000250. The molecule has 0 bridgehead atoms. The standard InChI is InChI=1S/2C12H26O3S.2K/c2*1-2-3-4-5-6-7-8-9-10-11-12-16(13,14)15;;/h2*2-12H2,1H3,(H,13,14,15);;/q;;2*+1/p-2. The van der Waals surface area contributed by atoms with Gasteiger partial charge in [0.05, 0.1) is 20.2 Å².